The molecule has 0 spiro atoms. The third kappa shape index (κ3) is 3.71. The van der Waals surface area contributed by atoms with Gasteiger partial charge in [-0.25, -0.2) is 0 Å². The first-order valence-electron chi connectivity index (χ1n) is 8.37. The number of hydrogen-bond donors (Lipinski definition) is 2. The fourth-order valence-corrected chi connectivity index (χ4v) is 3.06. The van der Waals surface area contributed by atoms with Crippen molar-refractivity contribution in [3.05, 3.63) is 36.0 Å². The predicted molar refractivity (Wildman–Crippen MR) is 92.2 cm³/mol. The van der Waals surface area contributed by atoms with Crippen LogP contribution in [0.3, 0.4) is 0 Å². The SMILES string of the molecule is CCOC(=O)CC1NCCN(CC(=O)c2c[nH]c3ccccc23)C1=O. The van der Waals surface area contributed by atoms with Gasteiger partial charge in [-0.3, -0.25) is 14.4 Å². The van der Waals surface area contributed by atoms with E-state index in [2.05, 4.69) is 10.3 Å². The quantitative estimate of drug-likeness (QED) is 0.605. The maximum absolute atomic E-state index is 12.6. The summed E-state index contributed by atoms with van der Waals surface area (Å²) in [6, 6.07) is 6.91. The van der Waals surface area contributed by atoms with Gasteiger partial charge in [0.1, 0.15) is 0 Å². The van der Waals surface area contributed by atoms with Gasteiger partial charge in [-0.2, -0.15) is 0 Å². The molecule has 132 valence electrons. The van der Waals surface area contributed by atoms with E-state index in [0.29, 0.717) is 18.7 Å². The van der Waals surface area contributed by atoms with Crippen LogP contribution in [0.4, 0.5) is 0 Å². The second kappa shape index (κ2) is 7.48. The number of H-pyrrole nitrogens is 1. The first-order chi connectivity index (χ1) is 12.1. The van der Waals surface area contributed by atoms with Gasteiger partial charge in [-0.05, 0) is 13.0 Å². The van der Waals surface area contributed by atoms with Crippen LogP contribution in [0.1, 0.15) is 23.7 Å². The number of nitrogens with one attached hydrogen (secondary N) is 2. The van der Waals surface area contributed by atoms with Gasteiger partial charge >= 0.3 is 5.97 Å². The lowest BCUT2D eigenvalue weighted by Crippen LogP contribution is -2.56. The maximum Gasteiger partial charge on any atom is 0.307 e. The van der Waals surface area contributed by atoms with Crippen LogP contribution in [-0.4, -0.2) is 59.8 Å². The van der Waals surface area contributed by atoms with Crippen LogP contribution >= 0.6 is 0 Å². The number of ether oxygens (including phenoxy) is 1. The monoisotopic (exact) mass is 343 g/mol. The molecule has 0 aliphatic carbocycles. The number of carbonyl (C=O) groups is 3. The van der Waals surface area contributed by atoms with Crippen molar-refractivity contribution in [2.75, 3.05) is 26.2 Å². The van der Waals surface area contributed by atoms with Gasteiger partial charge < -0.3 is 19.9 Å². The third-order valence-corrected chi connectivity index (χ3v) is 4.28. The van der Waals surface area contributed by atoms with Gasteiger partial charge in [0, 0.05) is 35.8 Å². The van der Waals surface area contributed by atoms with Gasteiger partial charge in [-0.1, -0.05) is 18.2 Å². The molecule has 2 aromatic rings. The minimum Gasteiger partial charge on any atom is -0.466 e. The first kappa shape index (κ1) is 17.2. The van der Waals surface area contributed by atoms with Crippen molar-refractivity contribution < 1.29 is 19.1 Å². The number of hydrogen-bond acceptors (Lipinski definition) is 5. The van der Waals surface area contributed by atoms with Gasteiger partial charge in [0.05, 0.1) is 25.6 Å². The van der Waals surface area contributed by atoms with Gasteiger partial charge in [0.15, 0.2) is 5.78 Å². The zero-order valence-electron chi connectivity index (χ0n) is 14.1. The summed E-state index contributed by atoms with van der Waals surface area (Å²) in [7, 11) is 0. The molecule has 2 N–H and O–H groups in total. The fourth-order valence-electron chi connectivity index (χ4n) is 3.06. The molecule has 3 rings (SSSR count). The van der Waals surface area contributed by atoms with Crippen LogP contribution in [0, 0.1) is 0 Å². The smallest absolute Gasteiger partial charge is 0.307 e. The molecule has 1 aliphatic heterocycles. The van der Waals surface area contributed by atoms with E-state index in [9.17, 15) is 14.4 Å². The molecule has 1 atom stereocenters. The zero-order valence-corrected chi connectivity index (χ0v) is 14.1. The van der Waals surface area contributed by atoms with Crippen LogP contribution in [0.25, 0.3) is 10.9 Å². The Morgan fingerprint density at radius 1 is 1.32 bits per heavy atom. The molecule has 1 unspecified atom stereocenters. The number of para-hydroxylation sites is 1. The minimum absolute atomic E-state index is 0.00167. The highest BCUT2D eigenvalue weighted by molar-refractivity contribution is 6.09. The van der Waals surface area contributed by atoms with Crippen LogP contribution < -0.4 is 5.32 Å². The second-order valence-corrected chi connectivity index (χ2v) is 5.95. The van der Waals surface area contributed by atoms with E-state index in [1.165, 1.54) is 4.90 Å². The summed E-state index contributed by atoms with van der Waals surface area (Å²) in [6.07, 6.45) is 1.65. The summed E-state index contributed by atoms with van der Waals surface area (Å²) < 4.78 is 4.90. The standard InChI is InChI=1S/C18H21N3O4/c1-2-25-17(23)9-15-18(24)21(8-7-19-15)11-16(22)13-10-20-14-6-4-3-5-12(13)14/h3-6,10,15,19-20H,2,7-9,11H2,1H3. The van der Waals surface area contributed by atoms with E-state index in [1.54, 1.807) is 13.1 Å². The second-order valence-electron chi connectivity index (χ2n) is 5.95. The van der Waals surface area contributed by atoms with E-state index in [-0.39, 0.29) is 31.3 Å². The van der Waals surface area contributed by atoms with Crippen molar-refractivity contribution >= 4 is 28.6 Å². The summed E-state index contributed by atoms with van der Waals surface area (Å²) >= 11 is 0. The molecule has 1 aromatic carbocycles. The molecule has 7 nitrogen and oxygen atoms in total. The molecular formula is C18H21N3O4. The summed E-state index contributed by atoms with van der Waals surface area (Å²) in [5.41, 5.74) is 1.46. The average molecular weight is 343 g/mol. The number of piperazine rings is 1. The minimum atomic E-state index is -0.636. The number of benzene rings is 1. The molecule has 1 fully saturated rings. The number of amides is 1. The molecule has 7 heteroatoms. The van der Waals surface area contributed by atoms with Gasteiger partial charge in [0.2, 0.25) is 5.91 Å². The highest BCUT2D eigenvalue weighted by Crippen LogP contribution is 2.19. The predicted octanol–water partition coefficient (Wildman–Crippen LogP) is 1.10. The van der Waals surface area contributed by atoms with Crippen molar-refractivity contribution in [2.45, 2.75) is 19.4 Å². The highest BCUT2D eigenvalue weighted by Gasteiger charge is 2.32. The molecular weight excluding hydrogens is 322 g/mol. The Balaban J connectivity index is 1.68. The lowest BCUT2D eigenvalue weighted by atomic mass is 10.1. The summed E-state index contributed by atoms with van der Waals surface area (Å²) in [5.74, 6) is -0.784. The Morgan fingerprint density at radius 3 is 2.92 bits per heavy atom. The lowest BCUT2D eigenvalue weighted by molar-refractivity contribution is -0.147. The van der Waals surface area contributed by atoms with Crippen molar-refractivity contribution in [3.63, 3.8) is 0 Å². The maximum atomic E-state index is 12.6. The number of aromatic amines is 1. The molecule has 1 saturated heterocycles. The number of fused-ring (bicyclic) bond motifs is 1. The van der Waals surface area contributed by atoms with Gasteiger partial charge in [-0.15, -0.1) is 0 Å². The van der Waals surface area contributed by atoms with Crippen LogP contribution in [-0.2, 0) is 14.3 Å². The lowest BCUT2D eigenvalue weighted by Gasteiger charge is -2.32. The summed E-state index contributed by atoms with van der Waals surface area (Å²) in [4.78, 5) is 41.4. The Kier molecular flexibility index (Phi) is 5.14. The molecule has 25 heavy (non-hydrogen) atoms. The highest BCUT2D eigenvalue weighted by atomic mass is 16.5. The van der Waals surface area contributed by atoms with Crippen molar-refractivity contribution in [1.29, 1.82) is 0 Å². The largest absolute Gasteiger partial charge is 0.466 e. The summed E-state index contributed by atoms with van der Waals surface area (Å²) in [5, 5.41) is 3.86. The average Bonchev–Trinajstić information content (AvgIpc) is 3.03. The first-order valence-corrected chi connectivity index (χ1v) is 8.37. The van der Waals surface area contributed by atoms with Gasteiger partial charge in [0.25, 0.3) is 0 Å². The molecule has 0 bridgehead atoms. The van der Waals surface area contributed by atoms with E-state index in [4.69, 9.17) is 4.74 Å². The number of aromatic nitrogens is 1. The molecule has 0 saturated carbocycles. The van der Waals surface area contributed by atoms with Crippen molar-refractivity contribution in [1.82, 2.24) is 15.2 Å². The number of rotatable bonds is 6. The number of esters is 1. The van der Waals surface area contributed by atoms with E-state index >= 15 is 0 Å². The zero-order chi connectivity index (χ0) is 17.8. The normalized spacial score (nSPS) is 17.7. The molecule has 2 heterocycles. The van der Waals surface area contributed by atoms with E-state index in [0.717, 1.165) is 10.9 Å². The fraction of sp³-hybridized carbons (Fsp3) is 0.389. The number of carbonyl (C=O) groups excluding carboxylic acids is 3. The Bertz CT molecular complexity index is 798. The van der Waals surface area contributed by atoms with Crippen molar-refractivity contribution in [2.24, 2.45) is 0 Å². The number of nitrogens with zero attached hydrogens (tertiary/aromatic N) is 1. The third-order valence-electron chi connectivity index (χ3n) is 4.28. The van der Waals surface area contributed by atoms with Crippen LogP contribution in [0.5, 0.6) is 0 Å². The topological polar surface area (TPSA) is 91.5 Å². The van der Waals surface area contributed by atoms with E-state index in [1.807, 2.05) is 24.3 Å². The van der Waals surface area contributed by atoms with Crippen LogP contribution in [0.15, 0.2) is 30.5 Å². The molecule has 1 aromatic heterocycles. The Labute approximate surface area is 145 Å². The number of Topliss-reactive ketones (excluding diaryl/α,β-unsaturated/α-hetero) is 1. The Hall–Kier alpha value is -2.67. The van der Waals surface area contributed by atoms with Crippen molar-refractivity contribution in [3.8, 4) is 0 Å². The van der Waals surface area contributed by atoms with E-state index < -0.39 is 12.0 Å². The Morgan fingerprint density at radius 2 is 2.12 bits per heavy atom. The molecule has 1 aliphatic rings. The summed E-state index contributed by atoms with van der Waals surface area (Å²) in [6.45, 7) is 2.98. The molecule has 1 amide bonds. The number of ketones is 1. The molecule has 0 radical (unpaired) electrons. The van der Waals surface area contributed by atoms with Crippen LogP contribution in [0.2, 0.25) is 0 Å².